The van der Waals surface area contributed by atoms with E-state index in [9.17, 15) is 0 Å². The molecule has 0 amide bonds. The van der Waals surface area contributed by atoms with Crippen molar-refractivity contribution >= 4 is 0 Å². The molecule has 0 unspecified atom stereocenters. The number of likely N-dealkylation sites (N-methyl/N-ethyl adjacent to an activating group) is 1. The summed E-state index contributed by atoms with van der Waals surface area (Å²) < 4.78 is 5.47. The first-order chi connectivity index (χ1) is 5.85. The maximum atomic E-state index is 5.47. The number of unbranched alkanes of at least 4 members (excludes halogenated alkanes) is 1. The summed E-state index contributed by atoms with van der Waals surface area (Å²) in [5.74, 6) is 0. The third-order valence-electron chi connectivity index (χ3n) is 2.09. The quantitative estimate of drug-likeness (QED) is 0.597. The van der Waals surface area contributed by atoms with Crippen LogP contribution in [0.4, 0.5) is 0 Å². The van der Waals surface area contributed by atoms with Crippen LogP contribution in [0.15, 0.2) is 0 Å². The van der Waals surface area contributed by atoms with Crippen LogP contribution in [0.1, 0.15) is 33.6 Å². The molecule has 0 radical (unpaired) electrons. The molecule has 0 rings (SSSR count). The minimum atomic E-state index is 0. The molecule has 0 aliphatic heterocycles. The lowest BCUT2D eigenvalue weighted by Gasteiger charge is -2.17. The topological polar surface area (TPSA) is 47.5 Å². The summed E-state index contributed by atoms with van der Waals surface area (Å²) in [6.07, 6.45) is 2.42. The Morgan fingerprint density at radius 2 is 1.62 bits per heavy atom. The van der Waals surface area contributed by atoms with Crippen LogP contribution in [-0.2, 0) is 4.74 Å². The Balaban J connectivity index is 0. The Bertz CT molecular complexity index is 85.0. The van der Waals surface area contributed by atoms with E-state index in [1.165, 1.54) is 12.8 Å². The van der Waals surface area contributed by atoms with Crippen molar-refractivity contribution in [2.24, 2.45) is 0 Å². The zero-order chi connectivity index (χ0) is 9.23. The van der Waals surface area contributed by atoms with Gasteiger partial charge >= 0.3 is 0 Å². The molecule has 0 aliphatic carbocycles. The fourth-order valence-corrected chi connectivity index (χ4v) is 1.08. The van der Waals surface area contributed by atoms with Crippen molar-refractivity contribution in [2.75, 3.05) is 32.8 Å². The monoisotopic (exact) mass is 190 g/mol. The molecule has 0 atom stereocenters. The zero-order valence-corrected chi connectivity index (χ0v) is 9.51. The molecular formula is C10H26N2O. The Kier molecular flexibility index (Phi) is 14.0. The van der Waals surface area contributed by atoms with Crippen molar-refractivity contribution in [3.8, 4) is 0 Å². The van der Waals surface area contributed by atoms with Gasteiger partial charge in [0.05, 0.1) is 6.61 Å². The summed E-state index contributed by atoms with van der Waals surface area (Å²) in [4.78, 5) is 2.38. The van der Waals surface area contributed by atoms with E-state index in [1.807, 2.05) is 0 Å². The van der Waals surface area contributed by atoms with Crippen LogP contribution in [0.5, 0.6) is 0 Å². The van der Waals surface area contributed by atoms with E-state index in [4.69, 9.17) is 4.74 Å². The van der Waals surface area contributed by atoms with Gasteiger partial charge < -0.3 is 15.8 Å². The summed E-state index contributed by atoms with van der Waals surface area (Å²) in [6.45, 7) is 11.7. The largest absolute Gasteiger partial charge is 0.380 e. The van der Waals surface area contributed by atoms with Crippen molar-refractivity contribution < 1.29 is 4.74 Å². The van der Waals surface area contributed by atoms with Gasteiger partial charge in [-0.2, -0.15) is 0 Å². The summed E-state index contributed by atoms with van der Waals surface area (Å²) in [5.41, 5.74) is 0. The molecule has 0 bridgehead atoms. The highest BCUT2D eigenvalue weighted by Gasteiger charge is 1.96. The summed E-state index contributed by atoms with van der Waals surface area (Å²) in [7, 11) is 0. The molecule has 0 aromatic heterocycles. The Labute approximate surface area is 83.0 Å². The fraction of sp³-hybridized carbons (Fsp3) is 1.00. The van der Waals surface area contributed by atoms with Crippen LogP contribution in [0.2, 0.25) is 0 Å². The van der Waals surface area contributed by atoms with Gasteiger partial charge in [0.2, 0.25) is 0 Å². The molecule has 13 heavy (non-hydrogen) atoms. The van der Waals surface area contributed by atoms with Gasteiger partial charge in [0.1, 0.15) is 0 Å². The molecule has 3 heteroatoms. The van der Waals surface area contributed by atoms with Gasteiger partial charge in [0.15, 0.2) is 0 Å². The molecule has 0 saturated carbocycles. The van der Waals surface area contributed by atoms with E-state index in [0.717, 1.165) is 32.8 Å². The number of nitrogens with zero attached hydrogens (tertiary/aromatic N) is 1. The zero-order valence-electron chi connectivity index (χ0n) is 9.51. The molecule has 0 aromatic carbocycles. The van der Waals surface area contributed by atoms with Crippen molar-refractivity contribution in [1.82, 2.24) is 11.1 Å². The van der Waals surface area contributed by atoms with E-state index < -0.39 is 0 Å². The van der Waals surface area contributed by atoms with Gasteiger partial charge in [-0.05, 0) is 19.5 Å². The van der Waals surface area contributed by atoms with Crippen LogP contribution in [0.25, 0.3) is 0 Å². The average molecular weight is 190 g/mol. The first-order valence-electron chi connectivity index (χ1n) is 5.15. The van der Waals surface area contributed by atoms with E-state index in [0.29, 0.717) is 0 Å². The molecule has 0 heterocycles. The summed E-state index contributed by atoms with van der Waals surface area (Å²) >= 11 is 0. The average Bonchev–Trinajstić information content (AvgIpc) is 2.11. The lowest BCUT2D eigenvalue weighted by Crippen LogP contribution is -2.27. The fourth-order valence-electron chi connectivity index (χ4n) is 1.08. The number of hydrogen-bond donors (Lipinski definition) is 1. The molecule has 3 N–H and O–H groups in total. The standard InChI is InChI=1S/C10H23NO.H3N/c1-4-7-9-12-10-8-11(5-2)6-3;/h4-10H2,1-3H3;1H3. The molecule has 82 valence electrons. The maximum Gasteiger partial charge on any atom is 0.0593 e. The van der Waals surface area contributed by atoms with Crippen LogP contribution in [0, 0.1) is 0 Å². The maximum absolute atomic E-state index is 5.47. The van der Waals surface area contributed by atoms with E-state index in [2.05, 4.69) is 25.7 Å². The first kappa shape index (κ1) is 15.4. The summed E-state index contributed by atoms with van der Waals surface area (Å²) in [6, 6.07) is 0. The van der Waals surface area contributed by atoms with Crippen molar-refractivity contribution in [1.29, 1.82) is 0 Å². The second kappa shape index (κ2) is 11.9. The smallest absolute Gasteiger partial charge is 0.0593 e. The molecule has 0 spiro atoms. The summed E-state index contributed by atoms with van der Waals surface area (Å²) in [5, 5.41) is 0. The van der Waals surface area contributed by atoms with Gasteiger partial charge in [0, 0.05) is 13.2 Å². The molecule has 0 saturated heterocycles. The molecule has 0 aromatic rings. The highest BCUT2D eigenvalue weighted by molar-refractivity contribution is 4.49. The normalized spacial score (nSPS) is 10.2. The lowest BCUT2D eigenvalue weighted by molar-refractivity contribution is 0.105. The molecule has 0 aliphatic rings. The van der Waals surface area contributed by atoms with Crippen LogP contribution in [0.3, 0.4) is 0 Å². The third kappa shape index (κ3) is 9.80. The van der Waals surface area contributed by atoms with Crippen molar-refractivity contribution in [3.63, 3.8) is 0 Å². The number of hydrogen-bond acceptors (Lipinski definition) is 3. The van der Waals surface area contributed by atoms with Crippen molar-refractivity contribution in [2.45, 2.75) is 33.6 Å². The van der Waals surface area contributed by atoms with E-state index in [-0.39, 0.29) is 6.15 Å². The second-order valence-corrected chi connectivity index (χ2v) is 2.99. The number of ether oxygens (including phenoxy) is 1. The third-order valence-corrected chi connectivity index (χ3v) is 2.09. The predicted octanol–water partition coefficient (Wildman–Crippen LogP) is 2.31. The molecule has 3 nitrogen and oxygen atoms in total. The van der Waals surface area contributed by atoms with E-state index >= 15 is 0 Å². The SMILES string of the molecule is CCCCOCCN(CC)CC.N. The Morgan fingerprint density at radius 3 is 2.08 bits per heavy atom. The van der Waals surface area contributed by atoms with Gasteiger partial charge in [-0.1, -0.05) is 27.2 Å². The van der Waals surface area contributed by atoms with Gasteiger partial charge in [0.25, 0.3) is 0 Å². The van der Waals surface area contributed by atoms with Gasteiger partial charge in [-0.15, -0.1) is 0 Å². The predicted molar refractivity (Wildman–Crippen MR) is 58.5 cm³/mol. The lowest BCUT2D eigenvalue weighted by atomic mass is 10.4. The van der Waals surface area contributed by atoms with Crippen molar-refractivity contribution in [3.05, 3.63) is 0 Å². The highest BCUT2D eigenvalue weighted by atomic mass is 16.5. The van der Waals surface area contributed by atoms with Crippen LogP contribution >= 0.6 is 0 Å². The first-order valence-corrected chi connectivity index (χ1v) is 5.15. The molecule has 0 fully saturated rings. The minimum absolute atomic E-state index is 0. The van der Waals surface area contributed by atoms with Gasteiger partial charge in [-0.25, -0.2) is 0 Å². The molecular weight excluding hydrogens is 164 g/mol. The Hall–Kier alpha value is -0.120. The minimum Gasteiger partial charge on any atom is -0.380 e. The Morgan fingerprint density at radius 1 is 1.00 bits per heavy atom. The second-order valence-electron chi connectivity index (χ2n) is 2.99. The highest BCUT2D eigenvalue weighted by Crippen LogP contribution is 1.90. The van der Waals surface area contributed by atoms with Crippen LogP contribution < -0.4 is 6.15 Å². The van der Waals surface area contributed by atoms with E-state index in [1.54, 1.807) is 0 Å². The van der Waals surface area contributed by atoms with Gasteiger partial charge in [-0.3, -0.25) is 0 Å². The van der Waals surface area contributed by atoms with Crippen LogP contribution in [-0.4, -0.2) is 37.7 Å². The number of rotatable bonds is 8.